The molecule has 0 atom stereocenters. The summed E-state index contributed by atoms with van der Waals surface area (Å²) in [4.78, 5) is 14.0. The highest BCUT2D eigenvalue weighted by Gasteiger charge is 2.70. The van der Waals surface area contributed by atoms with Crippen LogP contribution in [0.3, 0.4) is 0 Å². The molecule has 29 heavy (non-hydrogen) atoms. The lowest BCUT2D eigenvalue weighted by Crippen LogP contribution is -2.77. The third-order valence-electron chi connectivity index (χ3n) is 6.62. The minimum absolute atomic E-state index is 0.0187. The van der Waals surface area contributed by atoms with Crippen LogP contribution in [0.4, 0.5) is 4.39 Å². The lowest BCUT2D eigenvalue weighted by atomic mass is 9.38. The molecule has 150 valence electrons. The Labute approximate surface area is 167 Å². The number of amides is 1. The highest BCUT2D eigenvalue weighted by molar-refractivity contribution is 5.79. The number of aromatic nitrogens is 3. The van der Waals surface area contributed by atoms with Crippen molar-refractivity contribution in [2.75, 3.05) is 6.61 Å². The summed E-state index contributed by atoms with van der Waals surface area (Å²) in [7, 11) is 0. The van der Waals surface area contributed by atoms with Crippen LogP contribution < -0.4 is 10.1 Å². The van der Waals surface area contributed by atoms with Crippen molar-refractivity contribution in [1.82, 2.24) is 20.3 Å². The average molecular weight is 395 g/mol. The maximum absolute atomic E-state index is 13.6. The van der Waals surface area contributed by atoms with Crippen molar-refractivity contribution in [3.05, 3.63) is 41.5 Å². The van der Waals surface area contributed by atoms with Gasteiger partial charge in [0.25, 0.3) is 5.91 Å². The SMILES string of the molecule is Cc1ccc(OCC(=O)NC23CC(c4cnn(C5CC(C#N)C5)n4)(C2)C3)cc1F. The Kier molecular flexibility index (Phi) is 3.92. The quantitative estimate of drug-likeness (QED) is 0.811. The van der Waals surface area contributed by atoms with Crippen LogP contribution in [-0.4, -0.2) is 33.0 Å². The molecule has 0 unspecified atom stereocenters. The summed E-state index contributed by atoms with van der Waals surface area (Å²) in [5.74, 6) is -0.0626. The molecule has 1 amide bonds. The van der Waals surface area contributed by atoms with E-state index in [0.717, 1.165) is 37.8 Å². The molecule has 6 rings (SSSR count). The van der Waals surface area contributed by atoms with Crippen LogP contribution in [0, 0.1) is 30.0 Å². The Morgan fingerprint density at radius 3 is 2.86 bits per heavy atom. The van der Waals surface area contributed by atoms with E-state index in [2.05, 4.69) is 21.6 Å². The van der Waals surface area contributed by atoms with E-state index in [1.165, 1.54) is 6.07 Å². The summed E-state index contributed by atoms with van der Waals surface area (Å²) in [6.07, 6.45) is 6.05. The van der Waals surface area contributed by atoms with Gasteiger partial charge in [-0.05, 0) is 50.7 Å². The van der Waals surface area contributed by atoms with Gasteiger partial charge in [0.05, 0.1) is 29.9 Å². The number of nitrogens with zero attached hydrogens (tertiary/aromatic N) is 4. The Morgan fingerprint density at radius 2 is 2.17 bits per heavy atom. The zero-order valence-electron chi connectivity index (χ0n) is 16.2. The van der Waals surface area contributed by atoms with Crippen molar-refractivity contribution in [3.8, 4) is 11.8 Å². The Hall–Kier alpha value is -2.95. The van der Waals surface area contributed by atoms with Gasteiger partial charge in [-0.2, -0.15) is 20.3 Å². The number of hydrogen-bond donors (Lipinski definition) is 1. The molecule has 2 bridgehead atoms. The van der Waals surface area contributed by atoms with Gasteiger partial charge in [0.15, 0.2) is 6.61 Å². The summed E-state index contributed by atoms with van der Waals surface area (Å²) >= 11 is 0. The number of nitrogens with one attached hydrogen (secondary N) is 1. The number of benzene rings is 1. The van der Waals surface area contributed by atoms with E-state index < -0.39 is 0 Å². The number of carbonyl (C=O) groups is 1. The zero-order valence-corrected chi connectivity index (χ0v) is 16.2. The molecular formula is C21H22FN5O2. The zero-order chi connectivity index (χ0) is 20.2. The molecule has 0 radical (unpaired) electrons. The molecule has 4 saturated carbocycles. The van der Waals surface area contributed by atoms with E-state index in [1.807, 2.05) is 6.20 Å². The summed E-state index contributed by atoms with van der Waals surface area (Å²) in [5.41, 5.74) is 1.37. The minimum atomic E-state index is -0.345. The summed E-state index contributed by atoms with van der Waals surface area (Å²) in [6, 6.07) is 7.10. The molecule has 1 aromatic carbocycles. The summed E-state index contributed by atoms with van der Waals surface area (Å²) in [6.45, 7) is 1.55. The fourth-order valence-electron chi connectivity index (χ4n) is 4.91. The number of carbonyl (C=O) groups excluding carboxylic acids is 1. The lowest BCUT2D eigenvalue weighted by molar-refractivity contribution is -0.140. The van der Waals surface area contributed by atoms with Gasteiger partial charge < -0.3 is 10.1 Å². The molecule has 7 nitrogen and oxygen atoms in total. The number of ether oxygens (including phenoxy) is 1. The summed E-state index contributed by atoms with van der Waals surface area (Å²) < 4.78 is 19.0. The molecule has 1 N–H and O–H groups in total. The van der Waals surface area contributed by atoms with Gasteiger partial charge in [0.1, 0.15) is 11.6 Å². The van der Waals surface area contributed by atoms with Crippen molar-refractivity contribution in [3.63, 3.8) is 0 Å². The van der Waals surface area contributed by atoms with Gasteiger partial charge in [-0.1, -0.05) is 6.07 Å². The second-order valence-electron chi connectivity index (χ2n) is 8.84. The van der Waals surface area contributed by atoms with E-state index in [1.54, 1.807) is 23.9 Å². The number of rotatable bonds is 6. The van der Waals surface area contributed by atoms with E-state index >= 15 is 0 Å². The van der Waals surface area contributed by atoms with Gasteiger partial charge in [0.2, 0.25) is 0 Å². The van der Waals surface area contributed by atoms with Crippen molar-refractivity contribution in [2.45, 2.75) is 56.0 Å². The summed E-state index contributed by atoms with van der Waals surface area (Å²) in [5, 5.41) is 21.0. The first kappa shape index (κ1) is 18.1. The second kappa shape index (κ2) is 6.28. The smallest absolute Gasteiger partial charge is 0.258 e. The van der Waals surface area contributed by atoms with Crippen LogP contribution in [0.1, 0.15) is 49.4 Å². The number of nitriles is 1. The molecule has 0 saturated heterocycles. The maximum Gasteiger partial charge on any atom is 0.258 e. The maximum atomic E-state index is 13.6. The third kappa shape index (κ3) is 2.96. The average Bonchev–Trinajstić information content (AvgIpc) is 3.06. The third-order valence-corrected chi connectivity index (χ3v) is 6.62. The van der Waals surface area contributed by atoms with Gasteiger partial charge in [0, 0.05) is 17.0 Å². The van der Waals surface area contributed by atoms with Crippen LogP contribution in [-0.2, 0) is 10.2 Å². The van der Waals surface area contributed by atoms with Gasteiger partial charge in [-0.25, -0.2) is 4.39 Å². The Morgan fingerprint density at radius 1 is 1.41 bits per heavy atom. The van der Waals surface area contributed by atoms with Crippen LogP contribution >= 0.6 is 0 Å². The number of aryl methyl sites for hydroxylation is 1. The topological polar surface area (TPSA) is 92.8 Å². The van der Waals surface area contributed by atoms with Crippen molar-refractivity contribution in [2.24, 2.45) is 5.92 Å². The highest BCUT2D eigenvalue weighted by atomic mass is 19.1. The fourth-order valence-corrected chi connectivity index (χ4v) is 4.91. The van der Waals surface area contributed by atoms with Crippen LogP contribution in [0.2, 0.25) is 0 Å². The first-order valence-corrected chi connectivity index (χ1v) is 9.92. The largest absolute Gasteiger partial charge is 0.484 e. The van der Waals surface area contributed by atoms with Gasteiger partial charge in [-0.15, -0.1) is 0 Å². The lowest BCUT2D eigenvalue weighted by Gasteiger charge is -2.69. The van der Waals surface area contributed by atoms with Crippen LogP contribution in [0.15, 0.2) is 24.4 Å². The minimum Gasteiger partial charge on any atom is -0.484 e. The van der Waals surface area contributed by atoms with Gasteiger partial charge in [-0.3, -0.25) is 4.79 Å². The standard InChI is InChI=1S/C21H22FN5O2/c1-13-2-3-16(6-17(13)22)29-9-19(28)25-21-10-20(11-21,12-21)18-8-24-27(26-18)15-4-14(5-15)7-23/h2-3,6,8,14-15H,4-5,9-12H2,1H3,(H,25,28). The molecule has 8 heteroatoms. The predicted molar refractivity (Wildman–Crippen MR) is 100 cm³/mol. The second-order valence-corrected chi connectivity index (χ2v) is 8.84. The first-order chi connectivity index (χ1) is 13.9. The molecule has 0 spiro atoms. The molecule has 1 heterocycles. The highest BCUT2D eigenvalue weighted by Crippen LogP contribution is 2.67. The first-order valence-electron chi connectivity index (χ1n) is 9.92. The molecule has 0 aliphatic heterocycles. The predicted octanol–water partition coefficient (Wildman–Crippen LogP) is 2.57. The van der Waals surface area contributed by atoms with E-state index in [4.69, 9.17) is 10.00 Å². The molecule has 4 fully saturated rings. The van der Waals surface area contributed by atoms with Gasteiger partial charge >= 0.3 is 0 Å². The number of halogens is 1. The monoisotopic (exact) mass is 395 g/mol. The van der Waals surface area contributed by atoms with E-state index in [0.29, 0.717) is 11.3 Å². The van der Waals surface area contributed by atoms with Crippen molar-refractivity contribution >= 4 is 5.91 Å². The fraction of sp³-hybridized carbons (Fsp3) is 0.524. The molecule has 4 aliphatic carbocycles. The van der Waals surface area contributed by atoms with Crippen LogP contribution in [0.25, 0.3) is 0 Å². The normalized spacial score (nSPS) is 31.6. The molecule has 2 aromatic rings. The molecular weight excluding hydrogens is 373 g/mol. The molecule has 1 aromatic heterocycles. The van der Waals surface area contributed by atoms with Crippen molar-refractivity contribution in [1.29, 1.82) is 5.26 Å². The van der Waals surface area contributed by atoms with Crippen molar-refractivity contribution < 1.29 is 13.9 Å². The van der Waals surface area contributed by atoms with E-state index in [-0.39, 0.29) is 41.2 Å². The van der Waals surface area contributed by atoms with E-state index in [9.17, 15) is 9.18 Å². The molecule has 4 aliphatic rings. The van der Waals surface area contributed by atoms with Crippen LogP contribution in [0.5, 0.6) is 5.75 Å². The Bertz CT molecular complexity index is 1000. The Balaban J connectivity index is 1.12. The number of hydrogen-bond acceptors (Lipinski definition) is 5.